The highest BCUT2D eigenvalue weighted by molar-refractivity contribution is 6.30. The fraction of sp³-hybridized carbons (Fsp3) is 0.594. The van der Waals surface area contributed by atoms with Crippen molar-refractivity contribution in [1.29, 1.82) is 10.5 Å². The van der Waals surface area contributed by atoms with Gasteiger partial charge in [0.1, 0.15) is 39.7 Å². The number of hydrogen-bond acceptors (Lipinski definition) is 7. The Morgan fingerprint density at radius 2 is 1.37 bits per heavy atom. The zero-order valence-corrected chi connectivity index (χ0v) is 26.4. The number of aromatic nitrogens is 2. The summed E-state index contributed by atoms with van der Waals surface area (Å²) >= 11 is 11.7. The second kappa shape index (κ2) is 15.7. The summed E-state index contributed by atoms with van der Waals surface area (Å²) in [6.07, 6.45) is 9.30. The monoisotopic (exact) mass is 633 g/mol. The van der Waals surface area contributed by atoms with E-state index in [0.29, 0.717) is 36.6 Å². The van der Waals surface area contributed by atoms with Crippen LogP contribution < -0.4 is 5.73 Å². The molecule has 232 valence electrons. The number of halogens is 4. The third-order valence-electron chi connectivity index (χ3n) is 7.80. The summed E-state index contributed by atoms with van der Waals surface area (Å²) in [6.45, 7) is 5.58. The highest BCUT2D eigenvalue weighted by Crippen LogP contribution is 2.34. The van der Waals surface area contributed by atoms with Crippen LogP contribution in [-0.4, -0.2) is 27.6 Å². The fourth-order valence-corrected chi connectivity index (χ4v) is 6.30. The molecule has 2 aromatic heterocycles. The van der Waals surface area contributed by atoms with E-state index < -0.39 is 17.2 Å². The number of nitrogens with zero attached hydrogens (tertiary/aromatic N) is 4. The van der Waals surface area contributed by atoms with E-state index in [1.54, 1.807) is 0 Å². The number of ether oxygens (including phenoxy) is 1. The summed E-state index contributed by atoms with van der Waals surface area (Å²) in [4.78, 5) is 20.1. The van der Waals surface area contributed by atoms with Crippen molar-refractivity contribution in [2.75, 3.05) is 0 Å². The number of carbonyl (C=O) groups excluding carboxylic acids is 1. The standard InChI is InChI=1S/C19H24ClFN2O2.C13H15ClFN3/c1-19(2,3)25-17(24)9-13-6-4-5-12(7-13)8-16-15(21)10-14(11-22)18(20)23-16;14-13-9(7-16)6-11(15)12(18-13)5-8-2-1-3-10(17)4-8/h10,12-13H,4-9H2,1-3H3;6,8,10H,1-5,17H2/t12-,13+;8-,10+/m11/s1. The minimum atomic E-state index is -0.491. The quantitative estimate of drug-likeness (QED) is 0.256. The van der Waals surface area contributed by atoms with Crippen LogP contribution in [0.15, 0.2) is 12.1 Å². The van der Waals surface area contributed by atoms with Gasteiger partial charge in [-0.15, -0.1) is 0 Å². The molecule has 7 nitrogen and oxygen atoms in total. The second-order valence-corrected chi connectivity index (χ2v) is 13.3. The first-order chi connectivity index (χ1) is 20.3. The number of esters is 1. The first kappa shape index (κ1) is 34.6. The molecule has 4 atom stereocenters. The van der Waals surface area contributed by atoms with Crippen LogP contribution in [0, 0.1) is 52.1 Å². The van der Waals surface area contributed by atoms with Crippen molar-refractivity contribution in [2.24, 2.45) is 23.5 Å². The van der Waals surface area contributed by atoms with Crippen LogP contribution in [0.5, 0.6) is 0 Å². The summed E-state index contributed by atoms with van der Waals surface area (Å²) < 4.78 is 33.3. The summed E-state index contributed by atoms with van der Waals surface area (Å²) in [5.74, 6) is -0.244. The number of nitriles is 2. The maximum Gasteiger partial charge on any atom is 0.306 e. The van der Waals surface area contributed by atoms with E-state index in [9.17, 15) is 13.6 Å². The van der Waals surface area contributed by atoms with Crippen molar-refractivity contribution in [3.05, 3.63) is 56.6 Å². The van der Waals surface area contributed by atoms with Gasteiger partial charge in [0, 0.05) is 12.5 Å². The Kier molecular flexibility index (Phi) is 12.7. The van der Waals surface area contributed by atoms with Crippen LogP contribution in [-0.2, 0) is 22.4 Å². The van der Waals surface area contributed by atoms with Crippen LogP contribution in [0.2, 0.25) is 10.3 Å². The Morgan fingerprint density at radius 1 is 0.907 bits per heavy atom. The molecule has 4 rings (SSSR count). The molecule has 0 aromatic carbocycles. The van der Waals surface area contributed by atoms with Gasteiger partial charge in [-0.3, -0.25) is 4.79 Å². The molecule has 2 N–H and O–H groups in total. The number of rotatable bonds is 6. The smallest absolute Gasteiger partial charge is 0.306 e. The lowest BCUT2D eigenvalue weighted by Crippen LogP contribution is -2.29. The molecule has 0 spiro atoms. The van der Waals surface area contributed by atoms with Crippen LogP contribution in [0.1, 0.15) is 101 Å². The normalized spacial score (nSPS) is 22.0. The molecule has 2 aromatic rings. The molecule has 2 heterocycles. The molecule has 0 radical (unpaired) electrons. The Morgan fingerprint density at radius 3 is 1.84 bits per heavy atom. The maximum absolute atomic E-state index is 14.1. The predicted octanol–water partition coefficient (Wildman–Crippen LogP) is 7.63. The molecule has 2 aliphatic rings. The summed E-state index contributed by atoms with van der Waals surface area (Å²) in [6, 6.07) is 6.16. The molecular weight excluding hydrogens is 595 g/mol. The minimum absolute atomic E-state index is 0.0417. The average molecular weight is 635 g/mol. The second-order valence-electron chi connectivity index (χ2n) is 12.6. The molecule has 0 saturated heterocycles. The van der Waals surface area contributed by atoms with Gasteiger partial charge in [0.2, 0.25) is 0 Å². The SMILES string of the molecule is CC(C)(C)OC(=O)C[C@H]1CCC[C@@H](Cc2nc(Cl)c(C#N)cc2F)C1.N#Cc1cc(F)c(C[C@@H]2CCC[C@H](N)C2)nc1Cl. The van der Waals surface area contributed by atoms with Gasteiger partial charge in [-0.2, -0.15) is 10.5 Å². The van der Waals surface area contributed by atoms with Gasteiger partial charge in [0.25, 0.3) is 0 Å². The van der Waals surface area contributed by atoms with Gasteiger partial charge < -0.3 is 10.5 Å². The van der Waals surface area contributed by atoms with Gasteiger partial charge in [-0.1, -0.05) is 42.5 Å². The molecule has 0 unspecified atom stereocenters. The Balaban J connectivity index is 0.000000248. The van der Waals surface area contributed by atoms with E-state index in [4.69, 9.17) is 44.2 Å². The van der Waals surface area contributed by atoms with Crippen molar-refractivity contribution in [3.8, 4) is 12.1 Å². The predicted molar refractivity (Wildman–Crippen MR) is 161 cm³/mol. The van der Waals surface area contributed by atoms with Crippen LogP contribution in [0.25, 0.3) is 0 Å². The van der Waals surface area contributed by atoms with Gasteiger partial charge in [-0.05, 0) is 95.6 Å². The molecule has 2 saturated carbocycles. The van der Waals surface area contributed by atoms with Gasteiger partial charge >= 0.3 is 5.97 Å². The molecule has 2 fully saturated rings. The van der Waals surface area contributed by atoms with E-state index in [0.717, 1.165) is 63.5 Å². The average Bonchev–Trinajstić information content (AvgIpc) is 2.92. The Hall–Kier alpha value is -2.85. The van der Waals surface area contributed by atoms with Crippen molar-refractivity contribution in [2.45, 2.75) is 103 Å². The molecule has 2 aliphatic carbocycles. The number of nitrogens with two attached hydrogens (primary N) is 1. The fourth-order valence-electron chi connectivity index (χ4n) is 5.90. The van der Waals surface area contributed by atoms with Gasteiger partial charge in [0.05, 0.1) is 22.5 Å². The summed E-state index contributed by atoms with van der Waals surface area (Å²) in [7, 11) is 0. The number of pyridine rings is 2. The third-order valence-corrected chi connectivity index (χ3v) is 8.38. The van der Waals surface area contributed by atoms with Crippen LogP contribution in [0.3, 0.4) is 0 Å². The van der Waals surface area contributed by atoms with Gasteiger partial charge in [-0.25, -0.2) is 18.7 Å². The van der Waals surface area contributed by atoms with E-state index in [-0.39, 0.29) is 45.3 Å². The number of carbonyl (C=O) groups is 1. The topological polar surface area (TPSA) is 126 Å². The lowest BCUT2D eigenvalue weighted by molar-refractivity contribution is -0.156. The summed E-state index contributed by atoms with van der Waals surface area (Å²) in [5.41, 5.74) is 6.21. The Bertz CT molecular complexity index is 1370. The van der Waals surface area contributed by atoms with Gasteiger partial charge in [0.15, 0.2) is 0 Å². The molecular formula is C32H39Cl2F2N5O2. The van der Waals surface area contributed by atoms with Crippen molar-refractivity contribution >= 4 is 29.2 Å². The highest BCUT2D eigenvalue weighted by atomic mass is 35.5. The highest BCUT2D eigenvalue weighted by Gasteiger charge is 2.28. The van der Waals surface area contributed by atoms with Crippen molar-refractivity contribution in [3.63, 3.8) is 0 Å². The van der Waals surface area contributed by atoms with Crippen LogP contribution in [0.4, 0.5) is 8.78 Å². The van der Waals surface area contributed by atoms with E-state index in [2.05, 4.69) is 9.97 Å². The maximum atomic E-state index is 14.1. The lowest BCUT2D eigenvalue weighted by atomic mass is 9.78. The van der Waals surface area contributed by atoms with Crippen LogP contribution >= 0.6 is 23.2 Å². The van der Waals surface area contributed by atoms with E-state index >= 15 is 0 Å². The van der Waals surface area contributed by atoms with E-state index in [1.165, 1.54) is 0 Å². The molecule has 0 amide bonds. The lowest BCUT2D eigenvalue weighted by Gasteiger charge is -2.29. The van der Waals surface area contributed by atoms with Crippen molar-refractivity contribution in [1.82, 2.24) is 9.97 Å². The third kappa shape index (κ3) is 11.0. The first-order valence-electron chi connectivity index (χ1n) is 14.7. The largest absolute Gasteiger partial charge is 0.460 e. The van der Waals surface area contributed by atoms with E-state index in [1.807, 2.05) is 32.9 Å². The zero-order valence-electron chi connectivity index (χ0n) is 24.9. The first-order valence-corrected chi connectivity index (χ1v) is 15.5. The molecule has 0 aliphatic heterocycles. The molecule has 11 heteroatoms. The minimum Gasteiger partial charge on any atom is -0.460 e. The molecule has 0 bridgehead atoms. The summed E-state index contributed by atoms with van der Waals surface area (Å²) in [5, 5.41) is 17.7. The van der Waals surface area contributed by atoms with Crippen molar-refractivity contribution < 1.29 is 18.3 Å². The zero-order chi connectivity index (χ0) is 31.7. The molecule has 43 heavy (non-hydrogen) atoms. The number of hydrogen-bond donors (Lipinski definition) is 1. The Labute approximate surface area is 262 Å².